The molecule has 2 aromatic carbocycles. The summed E-state index contributed by atoms with van der Waals surface area (Å²) in [4.78, 5) is 24.9. The summed E-state index contributed by atoms with van der Waals surface area (Å²) in [6.45, 7) is 1.79. The molecule has 0 bridgehead atoms. The first kappa shape index (κ1) is 16.9. The van der Waals surface area contributed by atoms with E-state index < -0.39 is 17.7 Å². The molecule has 1 aromatic heterocycles. The molecule has 0 aliphatic heterocycles. The highest BCUT2D eigenvalue weighted by Crippen LogP contribution is 2.40. The molecule has 0 saturated carbocycles. The number of anilines is 1. The van der Waals surface area contributed by atoms with Gasteiger partial charge in [-0.15, -0.1) is 11.3 Å². The zero-order valence-electron chi connectivity index (χ0n) is 13.2. The number of hydrogen-bond donors (Lipinski definition) is 2. The lowest BCUT2D eigenvalue weighted by Gasteiger charge is -2.07. The number of aromatic carboxylic acids is 1. The molecule has 0 unspecified atom stereocenters. The maximum absolute atomic E-state index is 13.8. The molecule has 126 valence electrons. The third kappa shape index (κ3) is 3.29. The lowest BCUT2D eigenvalue weighted by molar-refractivity contribution is 0.0699. The van der Waals surface area contributed by atoms with Gasteiger partial charge in [-0.25, -0.2) is 9.18 Å². The largest absolute Gasteiger partial charge is 0.478 e. The summed E-state index contributed by atoms with van der Waals surface area (Å²) in [5.74, 6) is -2.48. The Kier molecular flexibility index (Phi) is 4.63. The van der Waals surface area contributed by atoms with Gasteiger partial charge in [0.2, 0.25) is 0 Å². The van der Waals surface area contributed by atoms with Crippen molar-refractivity contribution in [2.24, 2.45) is 0 Å². The van der Waals surface area contributed by atoms with E-state index in [9.17, 15) is 19.1 Å². The minimum atomic E-state index is -1.15. The van der Waals surface area contributed by atoms with Crippen molar-refractivity contribution in [1.29, 1.82) is 0 Å². The van der Waals surface area contributed by atoms with Crippen LogP contribution >= 0.6 is 11.3 Å². The van der Waals surface area contributed by atoms with E-state index >= 15 is 0 Å². The maximum Gasteiger partial charge on any atom is 0.339 e. The van der Waals surface area contributed by atoms with Gasteiger partial charge in [0.05, 0.1) is 5.56 Å². The zero-order valence-corrected chi connectivity index (χ0v) is 14.1. The Hall–Kier alpha value is -2.99. The lowest BCUT2D eigenvalue weighted by atomic mass is 10.0. The predicted octanol–water partition coefficient (Wildman–Crippen LogP) is 4.81. The quantitative estimate of drug-likeness (QED) is 0.705. The van der Waals surface area contributed by atoms with Crippen LogP contribution in [0.3, 0.4) is 0 Å². The van der Waals surface area contributed by atoms with Gasteiger partial charge in [-0.2, -0.15) is 0 Å². The van der Waals surface area contributed by atoms with Crippen LogP contribution in [0.25, 0.3) is 11.1 Å². The van der Waals surface area contributed by atoms with E-state index in [1.807, 2.05) is 30.3 Å². The number of benzene rings is 2. The van der Waals surface area contributed by atoms with Gasteiger partial charge < -0.3 is 10.4 Å². The van der Waals surface area contributed by atoms with Crippen LogP contribution in [0, 0.1) is 12.7 Å². The van der Waals surface area contributed by atoms with E-state index in [4.69, 9.17) is 0 Å². The number of carbonyl (C=O) groups excluding carboxylic acids is 1. The van der Waals surface area contributed by atoms with E-state index in [1.165, 1.54) is 18.2 Å². The smallest absolute Gasteiger partial charge is 0.339 e. The third-order valence-corrected chi connectivity index (χ3v) is 4.73. The molecule has 0 radical (unpaired) electrons. The molecule has 0 fully saturated rings. The number of rotatable bonds is 4. The van der Waals surface area contributed by atoms with Crippen molar-refractivity contribution >= 4 is 28.2 Å². The number of nitrogens with one attached hydrogen (secondary N) is 1. The number of amides is 1. The minimum Gasteiger partial charge on any atom is -0.478 e. The molecular formula is C19H14FNO3S. The van der Waals surface area contributed by atoms with Crippen LogP contribution < -0.4 is 5.32 Å². The van der Waals surface area contributed by atoms with Gasteiger partial charge in [0.25, 0.3) is 5.91 Å². The lowest BCUT2D eigenvalue weighted by Crippen LogP contribution is -2.15. The van der Waals surface area contributed by atoms with Crippen molar-refractivity contribution in [3.8, 4) is 11.1 Å². The summed E-state index contributed by atoms with van der Waals surface area (Å²) in [6, 6.07) is 14.7. The first-order valence-corrected chi connectivity index (χ1v) is 8.28. The number of hydrogen-bond acceptors (Lipinski definition) is 3. The topological polar surface area (TPSA) is 66.4 Å². The van der Waals surface area contributed by atoms with E-state index in [0.717, 1.165) is 21.8 Å². The zero-order chi connectivity index (χ0) is 18.0. The number of aryl methyl sites for hydroxylation is 1. The van der Waals surface area contributed by atoms with Gasteiger partial charge in [-0.05, 0) is 24.6 Å². The number of carbonyl (C=O) groups is 2. The Morgan fingerprint density at radius 2 is 1.68 bits per heavy atom. The second-order valence-corrected chi connectivity index (χ2v) is 6.57. The van der Waals surface area contributed by atoms with Gasteiger partial charge in [-0.3, -0.25) is 4.79 Å². The van der Waals surface area contributed by atoms with Crippen molar-refractivity contribution in [2.45, 2.75) is 6.92 Å². The first-order valence-electron chi connectivity index (χ1n) is 7.47. The van der Waals surface area contributed by atoms with Gasteiger partial charge >= 0.3 is 5.97 Å². The van der Waals surface area contributed by atoms with Crippen molar-refractivity contribution in [2.75, 3.05) is 5.32 Å². The normalized spacial score (nSPS) is 10.5. The summed E-state index contributed by atoms with van der Waals surface area (Å²) < 4.78 is 13.8. The fraction of sp³-hybridized carbons (Fsp3) is 0.0526. The van der Waals surface area contributed by atoms with Crippen LogP contribution in [0.2, 0.25) is 0 Å². The fourth-order valence-electron chi connectivity index (χ4n) is 2.61. The molecular weight excluding hydrogens is 341 g/mol. The SMILES string of the molecule is Cc1sc(NC(=O)c2ccccc2F)c(C(=O)O)c1-c1ccccc1. The van der Waals surface area contributed by atoms with Crippen LogP contribution in [0.15, 0.2) is 54.6 Å². The first-order chi connectivity index (χ1) is 12.0. The molecule has 0 spiro atoms. The van der Waals surface area contributed by atoms with Crippen molar-refractivity contribution in [3.63, 3.8) is 0 Å². The summed E-state index contributed by atoms with van der Waals surface area (Å²) in [7, 11) is 0. The molecule has 0 atom stereocenters. The number of carboxylic acids is 1. The Bertz CT molecular complexity index is 951. The van der Waals surface area contributed by atoms with Crippen molar-refractivity contribution in [3.05, 3.63) is 76.4 Å². The van der Waals surface area contributed by atoms with Gasteiger partial charge in [0, 0.05) is 10.4 Å². The average molecular weight is 355 g/mol. The molecule has 25 heavy (non-hydrogen) atoms. The molecule has 3 rings (SSSR count). The Labute approximate surface area is 147 Å². The third-order valence-electron chi connectivity index (χ3n) is 3.71. The average Bonchev–Trinajstić information content (AvgIpc) is 2.92. The van der Waals surface area contributed by atoms with Crippen LogP contribution in [0.5, 0.6) is 0 Å². The molecule has 0 aliphatic carbocycles. The predicted molar refractivity (Wildman–Crippen MR) is 95.8 cm³/mol. The number of thiophene rings is 1. The Morgan fingerprint density at radius 3 is 2.32 bits per heavy atom. The van der Waals surface area contributed by atoms with E-state index in [-0.39, 0.29) is 16.1 Å². The molecule has 1 amide bonds. The molecule has 3 aromatic rings. The second-order valence-electron chi connectivity index (χ2n) is 5.34. The monoisotopic (exact) mass is 355 g/mol. The van der Waals surface area contributed by atoms with Crippen LogP contribution in [0.1, 0.15) is 25.6 Å². The maximum atomic E-state index is 13.8. The molecule has 4 nitrogen and oxygen atoms in total. The Morgan fingerprint density at radius 1 is 1.04 bits per heavy atom. The molecule has 1 heterocycles. The number of carboxylic acid groups (broad SMARTS) is 1. The second kappa shape index (κ2) is 6.86. The van der Waals surface area contributed by atoms with E-state index in [0.29, 0.717) is 5.56 Å². The Balaban J connectivity index is 2.05. The standard InChI is InChI=1S/C19H14FNO3S/c1-11-15(12-7-3-2-4-8-12)16(19(23)24)18(25-11)21-17(22)13-9-5-6-10-14(13)20/h2-10H,1H3,(H,21,22)(H,23,24). The van der Waals surface area contributed by atoms with Gasteiger partial charge in [0.15, 0.2) is 0 Å². The van der Waals surface area contributed by atoms with Crippen LogP contribution in [-0.2, 0) is 0 Å². The highest BCUT2D eigenvalue weighted by Gasteiger charge is 2.24. The number of halogens is 1. The summed E-state index contributed by atoms with van der Waals surface area (Å²) in [5, 5.41) is 12.4. The summed E-state index contributed by atoms with van der Waals surface area (Å²) in [6.07, 6.45) is 0. The molecule has 6 heteroatoms. The highest BCUT2D eigenvalue weighted by atomic mass is 32.1. The van der Waals surface area contributed by atoms with Crippen LogP contribution in [-0.4, -0.2) is 17.0 Å². The van der Waals surface area contributed by atoms with Gasteiger partial charge in [-0.1, -0.05) is 42.5 Å². The summed E-state index contributed by atoms with van der Waals surface area (Å²) >= 11 is 1.16. The molecule has 0 saturated heterocycles. The fourth-order valence-corrected chi connectivity index (χ4v) is 3.67. The van der Waals surface area contributed by atoms with Crippen molar-refractivity contribution in [1.82, 2.24) is 0 Å². The van der Waals surface area contributed by atoms with Gasteiger partial charge in [0.1, 0.15) is 16.4 Å². The van der Waals surface area contributed by atoms with Crippen molar-refractivity contribution < 1.29 is 19.1 Å². The van der Waals surface area contributed by atoms with Crippen LogP contribution in [0.4, 0.5) is 9.39 Å². The minimum absolute atomic E-state index is 0.0124. The molecule has 0 aliphatic rings. The summed E-state index contributed by atoms with van der Waals surface area (Å²) in [5.41, 5.74) is 1.19. The van der Waals surface area contributed by atoms with E-state index in [1.54, 1.807) is 13.0 Å². The highest BCUT2D eigenvalue weighted by molar-refractivity contribution is 7.17. The van der Waals surface area contributed by atoms with E-state index in [2.05, 4.69) is 5.32 Å². The molecule has 2 N–H and O–H groups in total.